The molecule has 2 aromatic carbocycles. The Kier molecular flexibility index (Phi) is 4.00. The van der Waals surface area contributed by atoms with E-state index < -0.39 is 17.7 Å². The number of carbonyl (C=O) groups is 2. The van der Waals surface area contributed by atoms with Crippen molar-refractivity contribution in [2.45, 2.75) is 0 Å². The predicted molar refractivity (Wildman–Crippen MR) is 72.8 cm³/mol. The van der Waals surface area contributed by atoms with E-state index in [-0.39, 0.29) is 21.8 Å². The van der Waals surface area contributed by atoms with E-state index in [0.717, 1.165) is 0 Å². The zero-order chi connectivity index (χ0) is 14.7. The fourth-order valence-electron chi connectivity index (χ4n) is 1.57. The molecule has 20 heavy (non-hydrogen) atoms. The van der Waals surface area contributed by atoms with Gasteiger partial charge in [-0.15, -0.1) is 0 Å². The largest absolute Gasteiger partial charge is 0.478 e. The second-order valence-electron chi connectivity index (χ2n) is 3.93. The van der Waals surface area contributed by atoms with Crippen molar-refractivity contribution in [3.8, 4) is 0 Å². The maximum atomic E-state index is 13.5. The molecule has 0 aliphatic heterocycles. The van der Waals surface area contributed by atoms with Crippen LogP contribution in [0.15, 0.2) is 42.5 Å². The highest BCUT2D eigenvalue weighted by Gasteiger charge is 2.13. The second-order valence-corrected chi connectivity index (χ2v) is 4.34. The van der Waals surface area contributed by atoms with Crippen LogP contribution in [0.2, 0.25) is 5.02 Å². The fourth-order valence-corrected chi connectivity index (χ4v) is 1.78. The number of benzene rings is 2. The van der Waals surface area contributed by atoms with E-state index in [1.807, 2.05) is 0 Å². The molecule has 2 aromatic rings. The van der Waals surface area contributed by atoms with Gasteiger partial charge < -0.3 is 10.4 Å². The number of carboxylic acids is 1. The molecule has 0 spiro atoms. The number of rotatable bonds is 3. The monoisotopic (exact) mass is 293 g/mol. The van der Waals surface area contributed by atoms with Crippen LogP contribution >= 0.6 is 11.6 Å². The third-order valence-corrected chi connectivity index (χ3v) is 2.91. The Morgan fingerprint density at radius 1 is 1.05 bits per heavy atom. The normalized spacial score (nSPS) is 10.1. The van der Waals surface area contributed by atoms with Gasteiger partial charge in [0.1, 0.15) is 5.82 Å². The van der Waals surface area contributed by atoms with Crippen molar-refractivity contribution in [1.82, 2.24) is 0 Å². The predicted octanol–water partition coefficient (Wildman–Crippen LogP) is 3.43. The summed E-state index contributed by atoms with van der Waals surface area (Å²) < 4.78 is 13.5. The smallest absolute Gasteiger partial charge is 0.335 e. The molecule has 0 aliphatic rings. The Labute approximate surface area is 118 Å². The molecule has 0 atom stereocenters. The number of halogens is 2. The number of carbonyl (C=O) groups excluding carboxylic acids is 1. The molecular formula is C14H9ClFNO3. The van der Waals surface area contributed by atoms with Gasteiger partial charge in [-0.3, -0.25) is 4.79 Å². The number of nitrogens with one attached hydrogen (secondary N) is 1. The summed E-state index contributed by atoms with van der Waals surface area (Å²) in [6, 6.07) is 9.32. The number of amides is 1. The van der Waals surface area contributed by atoms with Crippen molar-refractivity contribution >= 4 is 29.2 Å². The maximum absolute atomic E-state index is 13.5. The molecule has 0 saturated heterocycles. The minimum Gasteiger partial charge on any atom is -0.478 e. The molecule has 1 amide bonds. The van der Waals surface area contributed by atoms with Crippen molar-refractivity contribution in [2.75, 3.05) is 5.32 Å². The Morgan fingerprint density at radius 2 is 1.65 bits per heavy atom. The molecule has 4 nitrogen and oxygen atoms in total. The van der Waals surface area contributed by atoms with Crippen molar-refractivity contribution in [2.24, 2.45) is 0 Å². The Hall–Kier alpha value is -2.40. The maximum Gasteiger partial charge on any atom is 0.335 e. The summed E-state index contributed by atoms with van der Waals surface area (Å²) in [5, 5.41) is 11.2. The first kappa shape index (κ1) is 14.0. The summed E-state index contributed by atoms with van der Waals surface area (Å²) in [6.45, 7) is 0. The van der Waals surface area contributed by atoms with E-state index in [1.54, 1.807) is 0 Å². The van der Waals surface area contributed by atoms with E-state index in [4.69, 9.17) is 16.7 Å². The summed E-state index contributed by atoms with van der Waals surface area (Å²) in [5.41, 5.74) is 0.154. The highest BCUT2D eigenvalue weighted by Crippen LogP contribution is 2.25. The van der Waals surface area contributed by atoms with Crippen molar-refractivity contribution in [3.05, 3.63) is 64.4 Å². The van der Waals surface area contributed by atoms with Crippen molar-refractivity contribution in [3.63, 3.8) is 0 Å². The van der Waals surface area contributed by atoms with Crippen LogP contribution in [0.1, 0.15) is 20.7 Å². The first-order chi connectivity index (χ1) is 9.49. The van der Waals surface area contributed by atoms with Crippen molar-refractivity contribution in [1.29, 1.82) is 0 Å². The first-order valence-corrected chi connectivity index (χ1v) is 5.95. The zero-order valence-electron chi connectivity index (χ0n) is 10.1. The lowest BCUT2D eigenvalue weighted by molar-refractivity contribution is 0.0696. The lowest BCUT2D eigenvalue weighted by Gasteiger charge is -2.08. The van der Waals surface area contributed by atoms with E-state index in [9.17, 15) is 14.0 Å². The molecule has 0 heterocycles. The minimum atomic E-state index is -1.09. The molecule has 0 aromatic heterocycles. The molecule has 0 saturated carbocycles. The molecule has 2 rings (SSSR count). The molecule has 0 radical (unpaired) electrons. The summed E-state index contributed by atoms with van der Waals surface area (Å²) >= 11 is 5.80. The Morgan fingerprint density at radius 3 is 2.20 bits per heavy atom. The lowest BCUT2D eigenvalue weighted by atomic mass is 10.1. The van der Waals surface area contributed by atoms with Gasteiger partial charge in [-0.25, -0.2) is 9.18 Å². The Balaban J connectivity index is 2.22. The molecule has 0 aliphatic carbocycles. The van der Waals surface area contributed by atoms with Gasteiger partial charge in [0.25, 0.3) is 5.91 Å². The van der Waals surface area contributed by atoms with Gasteiger partial charge in [0.05, 0.1) is 16.3 Å². The number of hydrogen-bond donors (Lipinski definition) is 2. The third-order valence-electron chi connectivity index (χ3n) is 2.60. The van der Waals surface area contributed by atoms with E-state index in [0.29, 0.717) is 0 Å². The number of para-hydroxylation sites is 1. The van der Waals surface area contributed by atoms with Gasteiger partial charge in [-0.2, -0.15) is 0 Å². The van der Waals surface area contributed by atoms with Crippen LogP contribution in [0.4, 0.5) is 10.1 Å². The number of hydrogen-bond acceptors (Lipinski definition) is 2. The molecule has 2 N–H and O–H groups in total. The van der Waals surface area contributed by atoms with Gasteiger partial charge in [0, 0.05) is 5.56 Å². The highest BCUT2D eigenvalue weighted by atomic mass is 35.5. The van der Waals surface area contributed by atoms with E-state index >= 15 is 0 Å². The van der Waals surface area contributed by atoms with Crippen LogP contribution < -0.4 is 5.32 Å². The van der Waals surface area contributed by atoms with E-state index in [1.165, 1.54) is 42.5 Å². The molecular weight excluding hydrogens is 285 g/mol. The molecule has 0 fully saturated rings. The quantitative estimate of drug-likeness (QED) is 0.911. The SMILES string of the molecule is O=C(O)c1ccc(C(=O)Nc2c(F)cccc2Cl)cc1. The molecule has 0 bridgehead atoms. The second kappa shape index (κ2) is 5.71. The summed E-state index contributed by atoms with van der Waals surface area (Å²) in [7, 11) is 0. The van der Waals surface area contributed by atoms with Gasteiger partial charge in [0.2, 0.25) is 0 Å². The third kappa shape index (κ3) is 2.95. The van der Waals surface area contributed by atoms with Gasteiger partial charge >= 0.3 is 5.97 Å². The van der Waals surface area contributed by atoms with Gasteiger partial charge in [-0.1, -0.05) is 17.7 Å². The van der Waals surface area contributed by atoms with Gasteiger partial charge in [0.15, 0.2) is 0 Å². The minimum absolute atomic E-state index is 0.0606. The van der Waals surface area contributed by atoms with Crippen LogP contribution in [-0.4, -0.2) is 17.0 Å². The van der Waals surface area contributed by atoms with Crippen LogP contribution in [0.25, 0.3) is 0 Å². The van der Waals surface area contributed by atoms with Crippen LogP contribution in [0, 0.1) is 5.82 Å². The summed E-state index contributed by atoms with van der Waals surface area (Å²) in [4.78, 5) is 22.6. The summed E-state index contributed by atoms with van der Waals surface area (Å²) in [6.07, 6.45) is 0. The molecule has 0 unspecified atom stereocenters. The van der Waals surface area contributed by atoms with Crippen LogP contribution in [0.5, 0.6) is 0 Å². The number of carboxylic acid groups (broad SMARTS) is 1. The van der Waals surface area contributed by atoms with Gasteiger partial charge in [-0.05, 0) is 36.4 Å². The standard InChI is InChI=1S/C14H9ClFNO3/c15-10-2-1-3-11(16)12(10)17-13(18)8-4-6-9(7-5-8)14(19)20/h1-7H,(H,17,18)(H,19,20). The van der Waals surface area contributed by atoms with E-state index in [2.05, 4.69) is 5.32 Å². The number of aromatic carboxylic acids is 1. The van der Waals surface area contributed by atoms with Crippen LogP contribution in [0.3, 0.4) is 0 Å². The average molecular weight is 294 g/mol. The topological polar surface area (TPSA) is 66.4 Å². The van der Waals surface area contributed by atoms with Crippen LogP contribution in [-0.2, 0) is 0 Å². The van der Waals surface area contributed by atoms with Crippen molar-refractivity contribution < 1.29 is 19.1 Å². The first-order valence-electron chi connectivity index (χ1n) is 5.58. The highest BCUT2D eigenvalue weighted by molar-refractivity contribution is 6.34. The number of anilines is 1. The molecule has 6 heteroatoms. The summed E-state index contributed by atoms with van der Waals surface area (Å²) in [5.74, 6) is -2.31. The zero-order valence-corrected chi connectivity index (χ0v) is 10.8. The average Bonchev–Trinajstić information content (AvgIpc) is 2.43. The molecule has 102 valence electrons. The fraction of sp³-hybridized carbons (Fsp3) is 0. The lowest BCUT2D eigenvalue weighted by Crippen LogP contribution is -2.13. The Bertz CT molecular complexity index is 650.